The molecule has 4 nitrogen and oxygen atoms in total. The smallest absolute Gasteiger partial charge is 0.311 e. The Hall–Kier alpha value is -2.24. The van der Waals surface area contributed by atoms with Gasteiger partial charge in [-0.1, -0.05) is 31.5 Å². The number of benzene rings is 1. The van der Waals surface area contributed by atoms with E-state index in [1.165, 1.54) is 39.5 Å². The van der Waals surface area contributed by atoms with Gasteiger partial charge < -0.3 is 14.8 Å². The summed E-state index contributed by atoms with van der Waals surface area (Å²) >= 11 is 8.23. The van der Waals surface area contributed by atoms with Crippen LogP contribution in [0.1, 0.15) is 60.0 Å². The average Bonchev–Trinajstić information content (AvgIpc) is 3.32. The zero-order chi connectivity index (χ0) is 21.7. The van der Waals surface area contributed by atoms with E-state index >= 15 is 0 Å². The van der Waals surface area contributed by atoms with Crippen molar-refractivity contribution in [2.24, 2.45) is 5.92 Å². The third-order valence-electron chi connectivity index (χ3n) is 6.54. The third-order valence-corrected chi connectivity index (χ3v) is 8.28. The first-order chi connectivity index (χ1) is 14.9. The first-order valence-electron chi connectivity index (χ1n) is 11.1. The summed E-state index contributed by atoms with van der Waals surface area (Å²) in [6.45, 7) is 6.99. The van der Waals surface area contributed by atoms with Crippen LogP contribution in [0.5, 0.6) is 0 Å². The SMILES string of the molecule is Cc1ccc(NC(=O)N2Cc3c(sc4c3CCCC4)-n3cccc3C2C(C)C)cc1Cl. The molecule has 0 saturated carbocycles. The molecular weight excluding hydrogens is 426 g/mol. The van der Waals surface area contributed by atoms with Crippen LogP contribution in [0.3, 0.4) is 0 Å². The first kappa shape index (κ1) is 20.7. The van der Waals surface area contributed by atoms with Crippen molar-refractivity contribution in [2.75, 3.05) is 5.32 Å². The summed E-state index contributed by atoms with van der Waals surface area (Å²) < 4.78 is 2.33. The number of thiophene rings is 1. The second-order valence-corrected chi connectivity index (χ2v) is 10.5. The number of carbonyl (C=O) groups is 1. The lowest BCUT2D eigenvalue weighted by atomic mass is 9.94. The number of hydrogen-bond acceptors (Lipinski definition) is 2. The molecule has 6 heteroatoms. The summed E-state index contributed by atoms with van der Waals surface area (Å²) in [6, 6.07) is 9.89. The number of halogens is 1. The highest BCUT2D eigenvalue weighted by molar-refractivity contribution is 7.15. The van der Waals surface area contributed by atoms with Gasteiger partial charge in [0.2, 0.25) is 0 Å². The van der Waals surface area contributed by atoms with Crippen LogP contribution >= 0.6 is 22.9 Å². The van der Waals surface area contributed by atoms with E-state index in [4.69, 9.17) is 11.6 Å². The average molecular weight is 454 g/mol. The highest BCUT2D eigenvalue weighted by Crippen LogP contribution is 2.44. The van der Waals surface area contributed by atoms with Crippen molar-refractivity contribution in [2.45, 2.75) is 59.0 Å². The molecule has 1 atom stereocenters. The summed E-state index contributed by atoms with van der Waals surface area (Å²) in [6.07, 6.45) is 6.93. The Bertz CT molecular complexity index is 1150. The van der Waals surface area contributed by atoms with E-state index in [1.54, 1.807) is 0 Å². The normalized spacial score (nSPS) is 17.7. The third kappa shape index (κ3) is 3.58. The number of rotatable bonds is 2. The number of amides is 2. The molecule has 0 fully saturated rings. The summed E-state index contributed by atoms with van der Waals surface area (Å²) in [5.41, 5.74) is 5.73. The number of hydrogen-bond donors (Lipinski definition) is 1. The van der Waals surface area contributed by atoms with Gasteiger partial charge in [-0.3, -0.25) is 0 Å². The maximum Gasteiger partial charge on any atom is 0.322 e. The van der Waals surface area contributed by atoms with Crippen molar-refractivity contribution in [3.63, 3.8) is 0 Å². The van der Waals surface area contributed by atoms with Crippen LogP contribution in [-0.2, 0) is 19.4 Å². The number of aryl methyl sites for hydroxylation is 2. The topological polar surface area (TPSA) is 37.3 Å². The molecule has 1 aromatic carbocycles. The Kier molecular flexibility index (Phi) is 5.35. The molecule has 1 aliphatic carbocycles. The predicted octanol–water partition coefficient (Wildman–Crippen LogP) is 7.12. The van der Waals surface area contributed by atoms with Crippen molar-refractivity contribution in [3.05, 3.63) is 68.8 Å². The Morgan fingerprint density at radius 1 is 1.19 bits per heavy atom. The molecule has 0 radical (unpaired) electrons. The lowest BCUT2D eigenvalue weighted by Gasteiger charge is -2.33. The molecular formula is C25H28ClN3OS. The van der Waals surface area contributed by atoms with Gasteiger partial charge in [0, 0.05) is 33.0 Å². The molecule has 1 aliphatic heterocycles. The molecule has 162 valence electrons. The standard InChI is InChI=1S/C25H28ClN3OS/c1-15(2)23-21-8-6-12-28(21)24-19(18-7-4-5-9-22(18)31-24)14-29(23)25(30)27-17-11-10-16(3)20(26)13-17/h6,8,10-13,15,23H,4-5,7,9,14H2,1-3H3,(H,27,30). The van der Waals surface area contributed by atoms with Crippen LogP contribution in [0.15, 0.2) is 36.5 Å². The van der Waals surface area contributed by atoms with Gasteiger partial charge in [0.15, 0.2) is 0 Å². The van der Waals surface area contributed by atoms with E-state index in [-0.39, 0.29) is 18.0 Å². The first-order valence-corrected chi connectivity index (χ1v) is 12.3. The van der Waals surface area contributed by atoms with Crippen LogP contribution in [-0.4, -0.2) is 15.5 Å². The van der Waals surface area contributed by atoms with Gasteiger partial charge in [-0.2, -0.15) is 0 Å². The van der Waals surface area contributed by atoms with Crippen LogP contribution in [0.2, 0.25) is 5.02 Å². The van der Waals surface area contributed by atoms with E-state index in [0.29, 0.717) is 11.6 Å². The number of carbonyl (C=O) groups excluding carboxylic acids is 1. The van der Waals surface area contributed by atoms with Crippen molar-refractivity contribution in [1.29, 1.82) is 0 Å². The lowest BCUT2D eigenvalue weighted by Crippen LogP contribution is -2.39. The van der Waals surface area contributed by atoms with Crippen molar-refractivity contribution in [3.8, 4) is 5.00 Å². The van der Waals surface area contributed by atoms with E-state index in [2.05, 4.69) is 42.1 Å². The fourth-order valence-corrected chi connectivity index (χ4v) is 6.57. The van der Waals surface area contributed by atoms with Crippen molar-refractivity contribution in [1.82, 2.24) is 9.47 Å². The molecule has 31 heavy (non-hydrogen) atoms. The second kappa shape index (κ2) is 8.03. The summed E-state index contributed by atoms with van der Waals surface area (Å²) in [5, 5.41) is 5.08. The number of urea groups is 1. The van der Waals surface area contributed by atoms with Gasteiger partial charge >= 0.3 is 6.03 Å². The monoisotopic (exact) mass is 453 g/mol. The van der Waals surface area contributed by atoms with E-state index in [9.17, 15) is 4.79 Å². The zero-order valence-corrected chi connectivity index (χ0v) is 19.8. The highest BCUT2D eigenvalue weighted by Gasteiger charge is 2.36. The highest BCUT2D eigenvalue weighted by atomic mass is 35.5. The van der Waals surface area contributed by atoms with E-state index in [0.717, 1.165) is 24.1 Å². The molecule has 1 unspecified atom stereocenters. The van der Waals surface area contributed by atoms with Gasteiger partial charge in [-0.15, -0.1) is 11.3 Å². The number of anilines is 1. The number of fused-ring (bicyclic) bond motifs is 5. The summed E-state index contributed by atoms with van der Waals surface area (Å²) in [5.74, 6) is 0.283. The number of nitrogens with zero attached hydrogens (tertiary/aromatic N) is 2. The zero-order valence-electron chi connectivity index (χ0n) is 18.2. The molecule has 2 aliphatic rings. The van der Waals surface area contributed by atoms with Crippen molar-refractivity contribution < 1.29 is 4.79 Å². The van der Waals surface area contributed by atoms with Crippen LogP contribution in [0.25, 0.3) is 5.00 Å². The van der Waals surface area contributed by atoms with E-state index in [1.807, 2.05) is 41.4 Å². The quantitative estimate of drug-likeness (QED) is 0.440. The van der Waals surface area contributed by atoms with Gasteiger partial charge in [0.25, 0.3) is 0 Å². The van der Waals surface area contributed by atoms with Crippen LogP contribution in [0, 0.1) is 12.8 Å². The molecule has 3 aromatic rings. The Labute approximate surface area is 192 Å². The van der Waals surface area contributed by atoms with Gasteiger partial charge in [0.05, 0.1) is 12.6 Å². The Morgan fingerprint density at radius 2 is 2.00 bits per heavy atom. The molecule has 2 aromatic heterocycles. The fourth-order valence-electron chi connectivity index (χ4n) is 4.99. The minimum atomic E-state index is -0.0741. The molecule has 0 saturated heterocycles. The molecule has 0 spiro atoms. The second-order valence-electron chi connectivity index (χ2n) is 9.01. The molecule has 1 N–H and O–H groups in total. The predicted molar refractivity (Wildman–Crippen MR) is 129 cm³/mol. The summed E-state index contributed by atoms with van der Waals surface area (Å²) in [7, 11) is 0. The van der Waals surface area contributed by atoms with Gasteiger partial charge in [-0.25, -0.2) is 4.79 Å². The van der Waals surface area contributed by atoms with Crippen LogP contribution in [0.4, 0.5) is 10.5 Å². The Balaban J connectivity index is 1.58. The molecule has 2 amide bonds. The largest absolute Gasteiger partial charge is 0.322 e. The van der Waals surface area contributed by atoms with E-state index < -0.39 is 0 Å². The molecule has 3 heterocycles. The molecule has 0 bridgehead atoms. The van der Waals surface area contributed by atoms with Gasteiger partial charge in [-0.05, 0) is 73.9 Å². The van der Waals surface area contributed by atoms with Gasteiger partial charge in [0.1, 0.15) is 5.00 Å². The minimum Gasteiger partial charge on any atom is -0.311 e. The molecule has 5 rings (SSSR count). The Morgan fingerprint density at radius 3 is 2.77 bits per heavy atom. The number of nitrogens with one attached hydrogen (secondary N) is 1. The van der Waals surface area contributed by atoms with Crippen molar-refractivity contribution >= 4 is 34.7 Å². The van der Waals surface area contributed by atoms with Crippen LogP contribution < -0.4 is 5.32 Å². The number of aromatic nitrogens is 1. The maximum atomic E-state index is 13.6. The minimum absolute atomic E-state index is 0.00485. The summed E-state index contributed by atoms with van der Waals surface area (Å²) in [4.78, 5) is 17.2. The lowest BCUT2D eigenvalue weighted by molar-refractivity contribution is 0.161. The fraction of sp³-hybridized carbons (Fsp3) is 0.400. The maximum absolute atomic E-state index is 13.6.